The number of rotatable bonds is 4. The van der Waals surface area contributed by atoms with E-state index in [9.17, 15) is 5.11 Å². The van der Waals surface area contributed by atoms with Crippen LogP contribution in [0.1, 0.15) is 23.7 Å². The highest BCUT2D eigenvalue weighted by Crippen LogP contribution is 2.19. The molecule has 0 aliphatic rings. The molecule has 0 unspecified atom stereocenters. The van der Waals surface area contributed by atoms with Crippen molar-refractivity contribution in [2.24, 2.45) is 0 Å². The maximum atomic E-state index is 9.79. The third-order valence-electron chi connectivity index (χ3n) is 2.22. The van der Waals surface area contributed by atoms with Crippen molar-refractivity contribution in [3.8, 4) is 0 Å². The van der Waals surface area contributed by atoms with E-state index in [1.807, 2.05) is 38.2 Å². The highest BCUT2D eigenvalue weighted by Gasteiger charge is 2.07. The minimum Gasteiger partial charge on any atom is -0.388 e. The van der Waals surface area contributed by atoms with Crippen molar-refractivity contribution in [2.75, 3.05) is 13.6 Å². The van der Waals surface area contributed by atoms with Crippen LogP contribution in [-0.2, 0) is 0 Å². The smallest absolute Gasteiger partial charge is 0.0804 e. The summed E-state index contributed by atoms with van der Waals surface area (Å²) in [6.07, 6.45) is 0.426. The van der Waals surface area contributed by atoms with Gasteiger partial charge < -0.3 is 10.4 Å². The first kappa shape index (κ1) is 10.2. The second kappa shape index (κ2) is 5.00. The van der Waals surface area contributed by atoms with E-state index in [2.05, 4.69) is 5.32 Å². The van der Waals surface area contributed by atoms with E-state index in [1.54, 1.807) is 0 Å². The Morgan fingerprint density at radius 2 is 2.08 bits per heavy atom. The summed E-state index contributed by atoms with van der Waals surface area (Å²) in [5.74, 6) is 0. The Hall–Kier alpha value is -0.860. The molecule has 0 aliphatic heterocycles. The number of aliphatic hydroxyl groups excluding tert-OH is 1. The van der Waals surface area contributed by atoms with E-state index < -0.39 is 0 Å². The molecule has 1 rings (SSSR count). The Morgan fingerprint density at radius 1 is 1.38 bits per heavy atom. The molecule has 0 aromatic heterocycles. The van der Waals surface area contributed by atoms with Crippen LogP contribution in [0.15, 0.2) is 24.3 Å². The van der Waals surface area contributed by atoms with Crippen molar-refractivity contribution < 1.29 is 5.11 Å². The van der Waals surface area contributed by atoms with Crippen LogP contribution in [0, 0.1) is 6.92 Å². The first-order chi connectivity index (χ1) is 6.25. The molecule has 1 aromatic rings. The van der Waals surface area contributed by atoms with Crippen LogP contribution < -0.4 is 5.32 Å². The highest BCUT2D eigenvalue weighted by molar-refractivity contribution is 5.27. The molecule has 0 radical (unpaired) electrons. The molecule has 13 heavy (non-hydrogen) atoms. The molecule has 1 atom stereocenters. The van der Waals surface area contributed by atoms with Crippen LogP contribution in [0.3, 0.4) is 0 Å². The fourth-order valence-corrected chi connectivity index (χ4v) is 1.40. The molecule has 0 aliphatic carbocycles. The highest BCUT2D eigenvalue weighted by atomic mass is 16.3. The van der Waals surface area contributed by atoms with Gasteiger partial charge in [0.2, 0.25) is 0 Å². The summed E-state index contributed by atoms with van der Waals surface area (Å²) in [4.78, 5) is 0. The summed E-state index contributed by atoms with van der Waals surface area (Å²) in [6, 6.07) is 7.96. The Kier molecular flexibility index (Phi) is 3.93. The first-order valence-electron chi connectivity index (χ1n) is 4.64. The van der Waals surface area contributed by atoms with Gasteiger partial charge in [0.1, 0.15) is 0 Å². The number of hydrogen-bond acceptors (Lipinski definition) is 2. The van der Waals surface area contributed by atoms with Gasteiger partial charge in [-0.2, -0.15) is 0 Å². The quantitative estimate of drug-likeness (QED) is 0.736. The molecular weight excluding hydrogens is 162 g/mol. The summed E-state index contributed by atoms with van der Waals surface area (Å²) < 4.78 is 0. The Morgan fingerprint density at radius 3 is 2.69 bits per heavy atom. The third-order valence-corrected chi connectivity index (χ3v) is 2.22. The lowest BCUT2D eigenvalue weighted by Crippen LogP contribution is -2.12. The average Bonchev–Trinajstić information content (AvgIpc) is 2.15. The second-order valence-electron chi connectivity index (χ2n) is 3.26. The van der Waals surface area contributed by atoms with Gasteiger partial charge in [-0.1, -0.05) is 24.3 Å². The SMILES string of the molecule is CNCC[C@H](O)c1ccccc1C. The topological polar surface area (TPSA) is 32.3 Å². The molecule has 0 spiro atoms. The molecule has 0 fully saturated rings. The van der Waals surface area contributed by atoms with Crippen molar-refractivity contribution in [1.82, 2.24) is 5.32 Å². The fourth-order valence-electron chi connectivity index (χ4n) is 1.40. The average molecular weight is 179 g/mol. The van der Waals surface area contributed by atoms with Crippen molar-refractivity contribution in [3.63, 3.8) is 0 Å². The van der Waals surface area contributed by atoms with Crippen LogP contribution in [0.4, 0.5) is 0 Å². The van der Waals surface area contributed by atoms with E-state index >= 15 is 0 Å². The molecular formula is C11H17NO. The molecule has 2 heteroatoms. The first-order valence-corrected chi connectivity index (χ1v) is 4.64. The van der Waals surface area contributed by atoms with Crippen molar-refractivity contribution >= 4 is 0 Å². The lowest BCUT2D eigenvalue weighted by molar-refractivity contribution is 0.167. The van der Waals surface area contributed by atoms with Crippen molar-refractivity contribution in [2.45, 2.75) is 19.4 Å². The normalized spacial score (nSPS) is 12.8. The van der Waals surface area contributed by atoms with Crippen LogP contribution in [0.5, 0.6) is 0 Å². The third kappa shape index (κ3) is 2.83. The molecule has 0 amide bonds. The summed E-state index contributed by atoms with van der Waals surface area (Å²) in [6.45, 7) is 2.87. The molecule has 0 bridgehead atoms. The number of aryl methyl sites for hydroxylation is 1. The predicted octanol–water partition coefficient (Wildman–Crippen LogP) is 1.64. The predicted molar refractivity (Wildman–Crippen MR) is 54.7 cm³/mol. The largest absolute Gasteiger partial charge is 0.388 e. The van der Waals surface area contributed by atoms with Gasteiger partial charge >= 0.3 is 0 Å². The Bertz CT molecular complexity index is 260. The monoisotopic (exact) mass is 179 g/mol. The van der Waals surface area contributed by atoms with Crippen LogP contribution in [0.25, 0.3) is 0 Å². The molecule has 0 saturated heterocycles. The summed E-state index contributed by atoms with van der Waals surface area (Å²) in [7, 11) is 1.89. The van der Waals surface area contributed by atoms with E-state index in [0.29, 0.717) is 0 Å². The van der Waals surface area contributed by atoms with Crippen LogP contribution >= 0.6 is 0 Å². The molecule has 72 valence electrons. The molecule has 0 saturated carbocycles. The minimum atomic E-state index is -0.339. The zero-order valence-electron chi connectivity index (χ0n) is 8.25. The number of benzene rings is 1. The number of nitrogens with one attached hydrogen (secondary N) is 1. The fraction of sp³-hybridized carbons (Fsp3) is 0.455. The Balaban J connectivity index is 2.65. The van der Waals surface area contributed by atoms with Crippen molar-refractivity contribution in [3.05, 3.63) is 35.4 Å². The van der Waals surface area contributed by atoms with Gasteiger partial charge in [0, 0.05) is 0 Å². The maximum absolute atomic E-state index is 9.79. The maximum Gasteiger partial charge on any atom is 0.0804 e. The van der Waals surface area contributed by atoms with Crippen LogP contribution in [0.2, 0.25) is 0 Å². The van der Waals surface area contributed by atoms with E-state index in [-0.39, 0.29) is 6.10 Å². The molecule has 2 nitrogen and oxygen atoms in total. The van der Waals surface area contributed by atoms with Gasteiger partial charge in [-0.15, -0.1) is 0 Å². The number of aliphatic hydroxyl groups is 1. The summed E-state index contributed by atoms with van der Waals surface area (Å²) >= 11 is 0. The van der Waals surface area contributed by atoms with E-state index in [0.717, 1.165) is 24.1 Å². The molecule has 0 heterocycles. The molecule has 1 aromatic carbocycles. The van der Waals surface area contributed by atoms with Gasteiger partial charge in [-0.05, 0) is 38.1 Å². The standard InChI is InChI=1S/C11H17NO/c1-9-5-3-4-6-10(9)11(13)7-8-12-2/h3-6,11-13H,7-8H2,1-2H3/t11-/m0/s1. The Labute approximate surface area is 79.6 Å². The minimum absolute atomic E-state index is 0.339. The van der Waals surface area contributed by atoms with Crippen molar-refractivity contribution in [1.29, 1.82) is 0 Å². The lowest BCUT2D eigenvalue weighted by atomic mass is 10.0. The van der Waals surface area contributed by atoms with Gasteiger partial charge in [-0.25, -0.2) is 0 Å². The zero-order valence-corrected chi connectivity index (χ0v) is 8.25. The van der Waals surface area contributed by atoms with E-state index in [1.165, 1.54) is 0 Å². The molecule has 2 N–H and O–H groups in total. The second-order valence-corrected chi connectivity index (χ2v) is 3.26. The van der Waals surface area contributed by atoms with Gasteiger partial charge in [0.05, 0.1) is 6.10 Å². The van der Waals surface area contributed by atoms with Gasteiger partial charge in [0.25, 0.3) is 0 Å². The van der Waals surface area contributed by atoms with Gasteiger partial charge in [-0.3, -0.25) is 0 Å². The van der Waals surface area contributed by atoms with Crippen LogP contribution in [-0.4, -0.2) is 18.7 Å². The number of hydrogen-bond donors (Lipinski definition) is 2. The van der Waals surface area contributed by atoms with Gasteiger partial charge in [0.15, 0.2) is 0 Å². The zero-order chi connectivity index (χ0) is 9.68. The lowest BCUT2D eigenvalue weighted by Gasteiger charge is -2.12. The summed E-state index contributed by atoms with van der Waals surface area (Å²) in [5.41, 5.74) is 2.20. The van der Waals surface area contributed by atoms with E-state index in [4.69, 9.17) is 0 Å². The summed E-state index contributed by atoms with van der Waals surface area (Å²) in [5, 5.41) is 12.8.